The molecule has 2 aliphatic rings. The van der Waals surface area contributed by atoms with Gasteiger partial charge in [0, 0.05) is 12.3 Å². The Balaban J connectivity index is 2.20. The molecular formula is C20H32O3. The van der Waals surface area contributed by atoms with E-state index in [0.717, 1.165) is 37.7 Å². The molecule has 2 aliphatic carbocycles. The fraction of sp³-hybridized carbons (Fsp3) is 0.750. The van der Waals surface area contributed by atoms with Gasteiger partial charge in [-0.25, -0.2) is 0 Å². The molecule has 3 heteroatoms. The Morgan fingerprint density at radius 1 is 1.39 bits per heavy atom. The second kappa shape index (κ2) is 7.76. The summed E-state index contributed by atoms with van der Waals surface area (Å²) in [5.74, 6) is 1.43. The topological polar surface area (TPSA) is 57.5 Å². The second-order valence-electron chi connectivity index (χ2n) is 7.83. The van der Waals surface area contributed by atoms with Crippen molar-refractivity contribution in [3.05, 3.63) is 23.3 Å². The molecule has 0 bridgehead atoms. The maximum atomic E-state index is 12.6. The highest BCUT2D eigenvalue weighted by Crippen LogP contribution is 2.53. The molecule has 4 atom stereocenters. The molecule has 0 unspecified atom stereocenters. The van der Waals surface area contributed by atoms with Crippen molar-refractivity contribution in [3.8, 4) is 0 Å². The number of carbonyl (C=O) groups excluding carboxylic acids is 1. The number of aliphatic hydroxyl groups is 2. The lowest BCUT2D eigenvalue weighted by atomic mass is 9.54. The summed E-state index contributed by atoms with van der Waals surface area (Å²) in [6.45, 7) is 6.71. The molecule has 2 rings (SSSR count). The van der Waals surface area contributed by atoms with E-state index < -0.39 is 0 Å². The number of ketones is 1. The standard InChI is InChI=1S/C20H32O3/c1-14-5-4-6-18-17(11-14)19(23)12-15(2)20(18,3)9-7-16(13-22)8-10-21/h5,8,15,17-18,21-22H,4,6-7,9-13H2,1-3H3/b16-8-/t15-,17+,18+,20+/m1/s1. The third-order valence-corrected chi connectivity index (χ3v) is 6.46. The van der Waals surface area contributed by atoms with Gasteiger partial charge in [-0.2, -0.15) is 0 Å². The van der Waals surface area contributed by atoms with E-state index >= 15 is 0 Å². The van der Waals surface area contributed by atoms with E-state index in [9.17, 15) is 9.90 Å². The van der Waals surface area contributed by atoms with Crippen LogP contribution in [0.3, 0.4) is 0 Å². The highest BCUT2D eigenvalue weighted by molar-refractivity contribution is 5.83. The van der Waals surface area contributed by atoms with Gasteiger partial charge in [0.05, 0.1) is 13.2 Å². The van der Waals surface area contributed by atoms with Gasteiger partial charge in [0.2, 0.25) is 0 Å². The molecule has 0 amide bonds. The van der Waals surface area contributed by atoms with E-state index in [1.165, 1.54) is 5.57 Å². The maximum Gasteiger partial charge on any atom is 0.136 e. The number of rotatable bonds is 5. The Morgan fingerprint density at radius 3 is 2.78 bits per heavy atom. The summed E-state index contributed by atoms with van der Waals surface area (Å²) in [6.07, 6.45) is 9.58. The number of hydrogen-bond acceptors (Lipinski definition) is 3. The average Bonchev–Trinajstić information content (AvgIpc) is 2.72. The number of Topliss-reactive ketones (excluding diaryl/α,β-unsaturated/α-hetero) is 1. The third-order valence-electron chi connectivity index (χ3n) is 6.46. The zero-order valence-electron chi connectivity index (χ0n) is 14.8. The lowest BCUT2D eigenvalue weighted by Crippen LogP contribution is -2.46. The molecule has 130 valence electrons. The van der Waals surface area contributed by atoms with Gasteiger partial charge >= 0.3 is 0 Å². The molecule has 3 nitrogen and oxygen atoms in total. The van der Waals surface area contributed by atoms with Crippen molar-refractivity contribution in [2.75, 3.05) is 13.2 Å². The monoisotopic (exact) mass is 320 g/mol. The smallest absolute Gasteiger partial charge is 0.136 e. The molecule has 1 saturated carbocycles. The summed E-state index contributed by atoms with van der Waals surface area (Å²) in [7, 11) is 0. The predicted octanol–water partition coefficient (Wildman–Crippen LogP) is 3.66. The number of fused-ring (bicyclic) bond motifs is 1. The van der Waals surface area contributed by atoms with Crippen LogP contribution in [0.15, 0.2) is 23.3 Å². The van der Waals surface area contributed by atoms with Gasteiger partial charge in [-0.15, -0.1) is 0 Å². The molecule has 1 fully saturated rings. The highest BCUT2D eigenvalue weighted by atomic mass is 16.3. The quantitative estimate of drug-likeness (QED) is 0.760. The van der Waals surface area contributed by atoms with Gasteiger partial charge in [-0.05, 0) is 61.9 Å². The second-order valence-corrected chi connectivity index (χ2v) is 7.83. The van der Waals surface area contributed by atoms with Crippen LogP contribution in [0.25, 0.3) is 0 Å². The van der Waals surface area contributed by atoms with Gasteiger partial charge in [-0.1, -0.05) is 31.6 Å². The predicted molar refractivity (Wildman–Crippen MR) is 93.0 cm³/mol. The molecule has 0 aromatic heterocycles. The van der Waals surface area contributed by atoms with Gasteiger partial charge in [0.1, 0.15) is 5.78 Å². The molecule has 0 radical (unpaired) electrons. The zero-order chi connectivity index (χ0) is 17.0. The van der Waals surface area contributed by atoms with Crippen LogP contribution < -0.4 is 0 Å². The summed E-state index contributed by atoms with van der Waals surface area (Å²) in [4.78, 5) is 12.6. The molecule has 2 N–H and O–H groups in total. The molecule has 0 saturated heterocycles. The summed E-state index contributed by atoms with van der Waals surface area (Å²) in [5.41, 5.74) is 2.40. The SMILES string of the molecule is CC1=CCC[C@H]2[C@H](C1)C(=O)C[C@@H](C)[C@]2(C)CC/C(=C/CO)CO. The molecule has 0 aliphatic heterocycles. The Bertz CT molecular complexity index is 491. The molecule has 0 heterocycles. The van der Waals surface area contributed by atoms with Crippen LogP contribution in [-0.2, 0) is 4.79 Å². The van der Waals surface area contributed by atoms with Crippen molar-refractivity contribution < 1.29 is 15.0 Å². The Hall–Kier alpha value is -0.930. The lowest BCUT2D eigenvalue weighted by molar-refractivity contribution is -0.136. The van der Waals surface area contributed by atoms with E-state index in [1.54, 1.807) is 6.08 Å². The first-order valence-corrected chi connectivity index (χ1v) is 9.00. The van der Waals surface area contributed by atoms with Crippen molar-refractivity contribution >= 4 is 5.78 Å². The fourth-order valence-electron chi connectivity index (χ4n) is 4.70. The highest BCUT2D eigenvalue weighted by Gasteiger charge is 2.49. The number of aliphatic hydroxyl groups excluding tert-OH is 2. The minimum absolute atomic E-state index is 0.0126. The van der Waals surface area contributed by atoms with E-state index in [4.69, 9.17) is 5.11 Å². The molecular weight excluding hydrogens is 288 g/mol. The van der Waals surface area contributed by atoms with Crippen LogP contribution in [0.1, 0.15) is 59.3 Å². The van der Waals surface area contributed by atoms with Crippen LogP contribution in [0.5, 0.6) is 0 Å². The van der Waals surface area contributed by atoms with Crippen molar-refractivity contribution in [3.63, 3.8) is 0 Å². The summed E-state index contributed by atoms with van der Waals surface area (Å²) < 4.78 is 0. The lowest BCUT2D eigenvalue weighted by Gasteiger charge is -2.50. The van der Waals surface area contributed by atoms with Crippen LogP contribution in [0.4, 0.5) is 0 Å². The summed E-state index contributed by atoms with van der Waals surface area (Å²) >= 11 is 0. The Morgan fingerprint density at radius 2 is 2.13 bits per heavy atom. The molecule has 0 aromatic carbocycles. The van der Waals surface area contributed by atoms with Gasteiger partial charge in [0.15, 0.2) is 0 Å². The minimum Gasteiger partial charge on any atom is -0.392 e. The van der Waals surface area contributed by atoms with Crippen molar-refractivity contribution in [2.24, 2.45) is 23.2 Å². The molecule has 0 aromatic rings. The van der Waals surface area contributed by atoms with Crippen LogP contribution in [0.2, 0.25) is 0 Å². The number of carbonyl (C=O) groups is 1. The Labute approximate surface area is 140 Å². The first kappa shape index (κ1) is 18.4. The third kappa shape index (κ3) is 3.95. The molecule has 0 spiro atoms. The van der Waals surface area contributed by atoms with Crippen molar-refractivity contribution in [2.45, 2.75) is 59.3 Å². The van der Waals surface area contributed by atoms with Crippen molar-refractivity contribution in [1.82, 2.24) is 0 Å². The largest absolute Gasteiger partial charge is 0.392 e. The Kier molecular flexibility index (Phi) is 6.21. The van der Waals surface area contributed by atoms with Gasteiger partial charge in [-0.3, -0.25) is 4.79 Å². The normalized spacial score (nSPS) is 35.5. The first-order chi connectivity index (χ1) is 10.9. The van der Waals surface area contributed by atoms with E-state index in [0.29, 0.717) is 24.0 Å². The maximum absolute atomic E-state index is 12.6. The van der Waals surface area contributed by atoms with Gasteiger partial charge in [0.25, 0.3) is 0 Å². The first-order valence-electron chi connectivity index (χ1n) is 9.00. The van der Waals surface area contributed by atoms with Crippen LogP contribution in [0, 0.1) is 23.2 Å². The van der Waals surface area contributed by atoms with Crippen molar-refractivity contribution in [1.29, 1.82) is 0 Å². The zero-order valence-corrected chi connectivity index (χ0v) is 14.8. The van der Waals surface area contributed by atoms with E-state index in [2.05, 4.69) is 26.8 Å². The average molecular weight is 320 g/mol. The van der Waals surface area contributed by atoms with Crippen LogP contribution >= 0.6 is 0 Å². The summed E-state index contributed by atoms with van der Waals surface area (Å²) in [5, 5.41) is 18.5. The van der Waals surface area contributed by atoms with Crippen LogP contribution in [-0.4, -0.2) is 29.2 Å². The number of hydrogen-bond donors (Lipinski definition) is 2. The van der Waals surface area contributed by atoms with E-state index in [1.807, 2.05) is 0 Å². The summed E-state index contributed by atoms with van der Waals surface area (Å²) in [6, 6.07) is 0. The fourth-order valence-corrected chi connectivity index (χ4v) is 4.70. The minimum atomic E-state index is -0.0180. The van der Waals surface area contributed by atoms with Gasteiger partial charge < -0.3 is 10.2 Å². The number of allylic oxidation sites excluding steroid dienone is 2. The van der Waals surface area contributed by atoms with E-state index in [-0.39, 0.29) is 24.5 Å². The molecule has 23 heavy (non-hydrogen) atoms.